The zero-order valence-electron chi connectivity index (χ0n) is 11.9. The molecule has 1 saturated carbocycles. The summed E-state index contributed by atoms with van der Waals surface area (Å²) in [5, 5.41) is 8.93. The first-order valence-electron chi connectivity index (χ1n) is 7.51. The fraction of sp³-hybridized carbons (Fsp3) is 0.929. The third-order valence-corrected chi connectivity index (χ3v) is 4.78. The Balaban J connectivity index is 1.86. The minimum absolute atomic E-state index is 0.119. The van der Waals surface area contributed by atoms with Crippen molar-refractivity contribution in [3.63, 3.8) is 0 Å². The lowest BCUT2D eigenvalue weighted by Crippen LogP contribution is -2.53. The van der Waals surface area contributed by atoms with Crippen molar-refractivity contribution in [2.75, 3.05) is 39.3 Å². The number of piperazine rings is 1. The number of aliphatic hydroxyl groups excluding tert-OH is 1. The Kier molecular flexibility index (Phi) is 5.19. The van der Waals surface area contributed by atoms with Crippen molar-refractivity contribution in [3.05, 3.63) is 0 Å². The molecule has 1 aliphatic heterocycles. The Morgan fingerprint density at radius 1 is 1.26 bits per heavy atom. The van der Waals surface area contributed by atoms with Crippen molar-refractivity contribution in [2.24, 2.45) is 17.6 Å². The summed E-state index contributed by atoms with van der Waals surface area (Å²) in [5.74, 6) is 0.719. The van der Waals surface area contributed by atoms with E-state index in [0.29, 0.717) is 18.4 Å². The van der Waals surface area contributed by atoms with Crippen LogP contribution >= 0.6 is 0 Å². The zero-order chi connectivity index (χ0) is 13.8. The van der Waals surface area contributed by atoms with Crippen LogP contribution in [0, 0.1) is 11.8 Å². The maximum Gasteiger partial charge on any atom is 0.226 e. The Hall–Kier alpha value is -0.650. The maximum absolute atomic E-state index is 12.6. The van der Waals surface area contributed by atoms with Crippen LogP contribution in [0.2, 0.25) is 0 Å². The van der Waals surface area contributed by atoms with Gasteiger partial charge in [-0.3, -0.25) is 9.69 Å². The number of rotatable bonds is 3. The van der Waals surface area contributed by atoms with Gasteiger partial charge in [0, 0.05) is 44.7 Å². The van der Waals surface area contributed by atoms with E-state index in [1.807, 2.05) is 4.90 Å². The van der Waals surface area contributed by atoms with Gasteiger partial charge in [-0.2, -0.15) is 0 Å². The molecule has 3 atom stereocenters. The van der Waals surface area contributed by atoms with Crippen LogP contribution in [-0.4, -0.2) is 66.2 Å². The minimum Gasteiger partial charge on any atom is -0.395 e. The van der Waals surface area contributed by atoms with E-state index in [2.05, 4.69) is 11.8 Å². The van der Waals surface area contributed by atoms with Gasteiger partial charge in [-0.25, -0.2) is 0 Å². The van der Waals surface area contributed by atoms with Crippen LogP contribution in [-0.2, 0) is 4.79 Å². The summed E-state index contributed by atoms with van der Waals surface area (Å²) in [6, 6.07) is 0.179. The van der Waals surface area contributed by atoms with Gasteiger partial charge in [0.1, 0.15) is 0 Å². The molecule has 3 N–H and O–H groups in total. The summed E-state index contributed by atoms with van der Waals surface area (Å²) < 4.78 is 0. The van der Waals surface area contributed by atoms with Gasteiger partial charge >= 0.3 is 0 Å². The van der Waals surface area contributed by atoms with Gasteiger partial charge in [0.2, 0.25) is 5.91 Å². The number of nitrogens with zero attached hydrogens (tertiary/aromatic N) is 2. The maximum atomic E-state index is 12.6. The smallest absolute Gasteiger partial charge is 0.226 e. The second kappa shape index (κ2) is 6.68. The predicted octanol–water partition coefficient (Wildman–Crippen LogP) is -0.114. The van der Waals surface area contributed by atoms with Gasteiger partial charge < -0.3 is 15.7 Å². The standard InChI is InChI=1S/C14H27N3O2/c1-11-12(3-2-4-13(11)15)14(19)17-7-5-16(6-8-17)9-10-18/h11-13,18H,2-10,15H2,1H3. The molecule has 0 aromatic rings. The molecule has 1 amide bonds. The number of hydrogen-bond acceptors (Lipinski definition) is 4. The monoisotopic (exact) mass is 269 g/mol. The van der Waals surface area contributed by atoms with Crippen LogP contribution < -0.4 is 5.73 Å². The number of amides is 1. The highest BCUT2D eigenvalue weighted by Crippen LogP contribution is 2.30. The van der Waals surface area contributed by atoms with Crippen molar-refractivity contribution in [1.82, 2.24) is 9.80 Å². The van der Waals surface area contributed by atoms with E-state index in [1.54, 1.807) is 0 Å². The molecule has 1 aliphatic carbocycles. The molecular formula is C14H27N3O2. The molecule has 0 radical (unpaired) electrons. The molecular weight excluding hydrogens is 242 g/mol. The van der Waals surface area contributed by atoms with Crippen LogP contribution in [0.5, 0.6) is 0 Å². The number of nitrogens with two attached hydrogens (primary N) is 1. The van der Waals surface area contributed by atoms with Crippen LogP contribution in [0.1, 0.15) is 26.2 Å². The molecule has 110 valence electrons. The quantitative estimate of drug-likeness (QED) is 0.750. The molecule has 19 heavy (non-hydrogen) atoms. The topological polar surface area (TPSA) is 69.8 Å². The van der Waals surface area contributed by atoms with E-state index in [9.17, 15) is 4.79 Å². The Labute approximate surface area is 115 Å². The molecule has 0 aromatic heterocycles. The fourth-order valence-corrected chi connectivity index (χ4v) is 3.31. The van der Waals surface area contributed by atoms with Gasteiger partial charge in [0.15, 0.2) is 0 Å². The average molecular weight is 269 g/mol. The molecule has 5 heteroatoms. The number of carbonyl (C=O) groups excluding carboxylic acids is 1. The van der Waals surface area contributed by atoms with Crippen molar-refractivity contribution >= 4 is 5.91 Å². The first-order chi connectivity index (χ1) is 9.13. The molecule has 2 aliphatic rings. The molecule has 1 saturated heterocycles. The highest BCUT2D eigenvalue weighted by molar-refractivity contribution is 5.79. The number of carbonyl (C=O) groups is 1. The summed E-state index contributed by atoms with van der Waals surface area (Å²) in [5.41, 5.74) is 6.09. The van der Waals surface area contributed by atoms with E-state index in [1.165, 1.54) is 0 Å². The number of β-amino-alcohol motifs (C(OH)–C–C–N with tert-alkyl or cyclic N) is 1. The number of aliphatic hydroxyl groups is 1. The molecule has 3 unspecified atom stereocenters. The SMILES string of the molecule is CC1C(N)CCCC1C(=O)N1CCN(CCO)CC1. The van der Waals surface area contributed by atoms with E-state index < -0.39 is 0 Å². The molecule has 1 heterocycles. The zero-order valence-corrected chi connectivity index (χ0v) is 11.9. The molecule has 0 spiro atoms. The van der Waals surface area contributed by atoms with E-state index in [0.717, 1.165) is 45.4 Å². The van der Waals surface area contributed by atoms with E-state index in [4.69, 9.17) is 10.8 Å². The number of hydrogen-bond donors (Lipinski definition) is 2. The molecule has 0 bridgehead atoms. The van der Waals surface area contributed by atoms with Crippen LogP contribution in [0.25, 0.3) is 0 Å². The molecule has 0 aromatic carbocycles. The fourth-order valence-electron chi connectivity index (χ4n) is 3.31. The third-order valence-electron chi connectivity index (χ3n) is 4.78. The first kappa shape index (κ1) is 14.8. The summed E-state index contributed by atoms with van der Waals surface area (Å²) in [6.45, 7) is 6.36. The highest BCUT2D eigenvalue weighted by Gasteiger charge is 2.35. The third kappa shape index (κ3) is 3.46. The van der Waals surface area contributed by atoms with Gasteiger partial charge in [0.05, 0.1) is 6.61 Å². The van der Waals surface area contributed by atoms with Crippen LogP contribution in [0.4, 0.5) is 0 Å². The lowest BCUT2D eigenvalue weighted by molar-refractivity contribution is -0.140. The van der Waals surface area contributed by atoms with Crippen molar-refractivity contribution < 1.29 is 9.90 Å². The van der Waals surface area contributed by atoms with Gasteiger partial charge in [0.25, 0.3) is 0 Å². The summed E-state index contributed by atoms with van der Waals surface area (Å²) in [7, 11) is 0. The Morgan fingerprint density at radius 3 is 2.58 bits per heavy atom. The Morgan fingerprint density at radius 2 is 1.95 bits per heavy atom. The minimum atomic E-state index is 0.119. The predicted molar refractivity (Wildman–Crippen MR) is 74.6 cm³/mol. The highest BCUT2D eigenvalue weighted by atomic mass is 16.3. The second-order valence-corrected chi connectivity index (χ2v) is 5.95. The van der Waals surface area contributed by atoms with E-state index >= 15 is 0 Å². The van der Waals surface area contributed by atoms with Crippen molar-refractivity contribution in [3.8, 4) is 0 Å². The first-order valence-corrected chi connectivity index (χ1v) is 7.51. The van der Waals surface area contributed by atoms with Gasteiger partial charge in [-0.05, 0) is 18.8 Å². The summed E-state index contributed by atoms with van der Waals surface area (Å²) in [4.78, 5) is 16.8. The Bertz CT molecular complexity index is 303. The van der Waals surface area contributed by atoms with Gasteiger partial charge in [-0.15, -0.1) is 0 Å². The lowest BCUT2D eigenvalue weighted by atomic mass is 9.76. The van der Waals surface area contributed by atoms with E-state index in [-0.39, 0.29) is 18.6 Å². The largest absolute Gasteiger partial charge is 0.395 e. The second-order valence-electron chi connectivity index (χ2n) is 5.95. The average Bonchev–Trinajstić information content (AvgIpc) is 2.42. The van der Waals surface area contributed by atoms with Crippen molar-refractivity contribution in [2.45, 2.75) is 32.2 Å². The van der Waals surface area contributed by atoms with Crippen molar-refractivity contribution in [1.29, 1.82) is 0 Å². The lowest BCUT2D eigenvalue weighted by Gasteiger charge is -2.40. The molecule has 5 nitrogen and oxygen atoms in total. The van der Waals surface area contributed by atoms with Gasteiger partial charge in [-0.1, -0.05) is 13.3 Å². The van der Waals surface area contributed by atoms with Crippen LogP contribution in [0.3, 0.4) is 0 Å². The summed E-state index contributed by atoms with van der Waals surface area (Å²) >= 11 is 0. The normalized spacial score (nSPS) is 33.4. The molecule has 2 fully saturated rings. The van der Waals surface area contributed by atoms with Crippen LogP contribution in [0.15, 0.2) is 0 Å². The molecule has 2 rings (SSSR count). The summed E-state index contributed by atoms with van der Waals surface area (Å²) in [6.07, 6.45) is 3.12.